The highest BCUT2D eigenvalue weighted by Crippen LogP contribution is 2.22. The molecule has 0 radical (unpaired) electrons. The molecule has 0 aliphatic carbocycles. The van der Waals surface area contributed by atoms with Gasteiger partial charge in [0.05, 0.1) is 11.2 Å². The fourth-order valence-corrected chi connectivity index (χ4v) is 2.85. The van der Waals surface area contributed by atoms with Crippen LogP contribution in [-0.2, 0) is 5.54 Å². The normalized spacial score (nSPS) is 11.4. The zero-order valence-electron chi connectivity index (χ0n) is 16.3. The van der Waals surface area contributed by atoms with E-state index in [4.69, 9.17) is 0 Å². The molecule has 25 heavy (non-hydrogen) atoms. The van der Waals surface area contributed by atoms with Gasteiger partial charge >= 0.3 is 0 Å². The molecule has 1 N–H and O–H groups in total. The van der Waals surface area contributed by atoms with E-state index in [1.807, 2.05) is 41.9 Å². The summed E-state index contributed by atoms with van der Waals surface area (Å²) in [5, 5.41) is 7.48. The van der Waals surface area contributed by atoms with Gasteiger partial charge in [0.1, 0.15) is 5.82 Å². The molecular formula is C20H30N4O. The minimum Gasteiger partial charge on any atom is -0.372 e. The molecule has 0 spiro atoms. The Labute approximate surface area is 151 Å². The van der Waals surface area contributed by atoms with E-state index in [1.165, 1.54) is 0 Å². The number of aromatic nitrogens is 2. The molecule has 136 valence electrons. The van der Waals surface area contributed by atoms with Crippen LogP contribution in [0.5, 0.6) is 0 Å². The highest BCUT2D eigenvalue weighted by molar-refractivity contribution is 6.04. The smallest absolute Gasteiger partial charge is 0.256 e. The molecule has 0 saturated carbocycles. The van der Waals surface area contributed by atoms with Crippen LogP contribution in [-0.4, -0.2) is 28.8 Å². The molecule has 2 aromatic rings. The Morgan fingerprint density at radius 3 is 2.36 bits per heavy atom. The van der Waals surface area contributed by atoms with Crippen LogP contribution < -0.4 is 10.2 Å². The Hall–Kier alpha value is -2.30. The van der Waals surface area contributed by atoms with E-state index in [9.17, 15) is 4.79 Å². The van der Waals surface area contributed by atoms with E-state index in [0.717, 1.165) is 36.7 Å². The Morgan fingerprint density at radius 1 is 1.20 bits per heavy atom. The van der Waals surface area contributed by atoms with Crippen molar-refractivity contribution < 1.29 is 4.79 Å². The van der Waals surface area contributed by atoms with E-state index in [0.29, 0.717) is 5.56 Å². The maximum atomic E-state index is 12.6. The number of nitrogens with one attached hydrogen (secondary N) is 1. The van der Waals surface area contributed by atoms with Crippen LogP contribution in [0, 0.1) is 6.92 Å². The van der Waals surface area contributed by atoms with E-state index < -0.39 is 0 Å². The van der Waals surface area contributed by atoms with Crippen LogP contribution in [0.25, 0.3) is 0 Å². The topological polar surface area (TPSA) is 50.2 Å². The highest BCUT2D eigenvalue weighted by atomic mass is 16.1. The number of carbonyl (C=O) groups excluding carboxylic acids is 1. The van der Waals surface area contributed by atoms with Crippen LogP contribution in [0.2, 0.25) is 0 Å². The average Bonchev–Trinajstić information content (AvgIpc) is 2.93. The predicted octanol–water partition coefficient (Wildman–Crippen LogP) is 4.44. The molecule has 0 saturated heterocycles. The predicted molar refractivity (Wildman–Crippen MR) is 105 cm³/mol. The van der Waals surface area contributed by atoms with Gasteiger partial charge < -0.3 is 10.2 Å². The third-order valence-electron chi connectivity index (χ3n) is 4.08. The lowest BCUT2D eigenvalue weighted by Gasteiger charge is -2.23. The molecule has 2 rings (SSSR count). The summed E-state index contributed by atoms with van der Waals surface area (Å²) >= 11 is 0. The maximum Gasteiger partial charge on any atom is 0.256 e. The number of carbonyl (C=O) groups is 1. The first-order valence-corrected chi connectivity index (χ1v) is 8.99. The van der Waals surface area contributed by atoms with Crippen LogP contribution in [0.15, 0.2) is 30.3 Å². The summed E-state index contributed by atoms with van der Waals surface area (Å²) in [6.45, 7) is 14.4. The van der Waals surface area contributed by atoms with Gasteiger partial charge in [-0.2, -0.15) is 5.10 Å². The lowest BCUT2D eigenvalue weighted by atomic mass is 10.1. The number of benzene rings is 1. The fraction of sp³-hybridized carbons (Fsp3) is 0.500. The molecule has 0 unspecified atom stereocenters. The maximum absolute atomic E-state index is 12.6. The van der Waals surface area contributed by atoms with Crippen LogP contribution in [0.3, 0.4) is 0 Å². The Morgan fingerprint density at radius 2 is 1.84 bits per heavy atom. The first-order chi connectivity index (χ1) is 11.8. The largest absolute Gasteiger partial charge is 0.372 e. The summed E-state index contributed by atoms with van der Waals surface area (Å²) in [5.74, 6) is 0.607. The average molecular weight is 342 g/mol. The molecule has 5 nitrogen and oxygen atoms in total. The van der Waals surface area contributed by atoms with Gasteiger partial charge in [0, 0.05) is 30.4 Å². The second-order valence-electron chi connectivity index (χ2n) is 7.33. The number of rotatable bonds is 6. The Balaban J connectivity index is 2.17. The Bertz CT molecular complexity index is 710. The van der Waals surface area contributed by atoms with Crippen LogP contribution in [0.4, 0.5) is 11.5 Å². The van der Waals surface area contributed by atoms with Crippen molar-refractivity contribution in [2.45, 2.75) is 53.5 Å². The molecule has 0 fully saturated rings. The third-order valence-corrected chi connectivity index (χ3v) is 4.08. The number of anilines is 2. The summed E-state index contributed by atoms with van der Waals surface area (Å²) in [5.41, 5.74) is 2.49. The van der Waals surface area contributed by atoms with Crippen molar-refractivity contribution in [3.8, 4) is 0 Å². The first-order valence-electron chi connectivity index (χ1n) is 8.99. The third kappa shape index (κ3) is 4.62. The van der Waals surface area contributed by atoms with Gasteiger partial charge in [-0.05, 0) is 65.3 Å². The van der Waals surface area contributed by atoms with E-state index in [2.05, 4.69) is 49.9 Å². The minimum absolute atomic E-state index is 0.115. The Kier molecular flexibility index (Phi) is 5.88. The standard InChI is InChI=1S/C20H30N4O/c1-7-13-23(8-2)17-11-9-16(10-12-17)19(25)21-18-14-15(3)22-24(18)20(4,5)6/h9-12,14H,7-8,13H2,1-6H3,(H,21,25). The molecule has 1 aromatic heterocycles. The summed E-state index contributed by atoms with van der Waals surface area (Å²) in [6.07, 6.45) is 1.10. The fourth-order valence-electron chi connectivity index (χ4n) is 2.85. The second-order valence-corrected chi connectivity index (χ2v) is 7.33. The van der Waals surface area contributed by atoms with Gasteiger partial charge in [0.15, 0.2) is 0 Å². The molecule has 0 aliphatic rings. The van der Waals surface area contributed by atoms with Gasteiger partial charge in [-0.25, -0.2) is 4.68 Å². The highest BCUT2D eigenvalue weighted by Gasteiger charge is 2.20. The van der Waals surface area contributed by atoms with Crippen molar-refractivity contribution in [2.24, 2.45) is 0 Å². The van der Waals surface area contributed by atoms with E-state index in [1.54, 1.807) is 0 Å². The van der Waals surface area contributed by atoms with Crippen molar-refractivity contribution in [1.29, 1.82) is 0 Å². The van der Waals surface area contributed by atoms with Gasteiger partial charge in [-0.1, -0.05) is 6.92 Å². The van der Waals surface area contributed by atoms with Crippen molar-refractivity contribution in [3.05, 3.63) is 41.6 Å². The van der Waals surface area contributed by atoms with Gasteiger partial charge in [-0.3, -0.25) is 4.79 Å². The summed E-state index contributed by atoms with van der Waals surface area (Å²) in [4.78, 5) is 14.9. The molecule has 0 bridgehead atoms. The number of aryl methyl sites for hydroxylation is 1. The van der Waals surface area contributed by atoms with E-state index >= 15 is 0 Å². The molecule has 0 aliphatic heterocycles. The number of nitrogens with zero attached hydrogens (tertiary/aromatic N) is 3. The molecule has 1 aromatic carbocycles. The van der Waals surface area contributed by atoms with Crippen molar-refractivity contribution in [3.63, 3.8) is 0 Å². The summed E-state index contributed by atoms with van der Waals surface area (Å²) in [6, 6.07) is 9.69. The van der Waals surface area contributed by atoms with Crippen molar-refractivity contribution >= 4 is 17.4 Å². The zero-order valence-corrected chi connectivity index (χ0v) is 16.3. The first kappa shape index (κ1) is 19.0. The summed E-state index contributed by atoms with van der Waals surface area (Å²) in [7, 11) is 0. The molecule has 0 atom stereocenters. The molecule has 1 amide bonds. The van der Waals surface area contributed by atoms with Crippen LogP contribution in [0.1, 0.15) is 57.1 Å². The number of hydrogen-bond acceptors (Lipinski definition) is 3. The molecule has 5 heteroatoms. The van der Waals surface area contributed by atoms with Gasteiger partial charge in [-0.15, -0.1) is 0 Å². The second kappa shape index (κ2) is 7.72. The number of hydrogen-bond donors (Lipinski definition) is 1. The number of amides is 1. The lowest BCUT2D eigenvalue weighted by molar-refractivity contribution is 0.102. The van der Waals surface area contributed by atoms with Gasteiger partial charge in [0.25, 0.3) is 5.91 Å². The summed E-state index contributed by atoms with van der Waals surface area (Å²) < 4.78 is 1.86. The zero-order chi connectivity index (χ0) is 18.6. The lowest BCUT2D eigenvalue weighted by Crippen LogP contribution is -2.27. The minimum atomic E-state index is -0.192. The van der Waals surface area contributed by atoms with Crippen LogP contribution >= 0.6 is 0 Å². The quantitative estimate of drug-likeness (QED) is 0.844. The van der Waals surface area contributed by atoms with Crippen molar-refractivity contribution in [1.82, 2.24) is 9.78 Å². The monoisotopic (exact) mass is 342 g/mol. The van der Waals surface area contributed by atoms with Crippen molar-refractivity contribution in [2.75, 3.05) is 23.3 Å². The van der Waals surface area contributed by atoms with Gasteiger partial charge in [0.2, 0.25) is 0 Å². The SMILES string of the molecule is CCCN(CC)c1ccc(C(=O)Nc2cc(C)nn2C(C)(C)C)cc1. The molecule has 1 heterocycles. The molecular weight excluding hydrogens is 312 g/mol. The van der Waals surface area contributed by atoms with E-state index in [-0.39, 0.29) is 11.4 Å².